The monoisotopic (exact) mass is 367 g/mol. The van der Waals surface area contributed by atoms with Gasteiger partial charge in [0.1, 0.15) is 0 Å². The highest BCUT2D eigenvalue weighted by Gasteiger charge is 2.30. The number of anilines is 1. The molecule has 0 aromatic heterocycles. The van der Waals surface area contributed by atoms with Crippen LogP contribution in [0.2, 0.25) is 0 Å². The number of alkyl halides is 3. The van der Waals surface area contributed by atoms with Gasteiger partial charge in [0, 0.05) is 12.2 Å². The van der Waals surface area contributed by atoms with Crippen molar-refractivity contribution >= 4 is 23.0 Å². The molecule has 7 heteroatoms. The van der Waals surface area contributed by atoms with Crippen molar-refractivity contribution in [3.8, 4) is 0 Å². The van der Waals surface area contributed by atoms with Gasteiger partial charge in [-0.05, 0) is 50.1 Å². The van der Waals surface area contributed by atoms with Crippen molar-refractivity contribution in [2.24, 2.45) is 0 Å². The zero-order valence-electron chi connectivity index (χ0n) is 14.0. The summed E-state index contributed by atoms with van der Waals surface area (Å²) in [4.78, 5) is 2.05. The lowest BCUT2D eigenvalue weighted by atomic mass is 10.1. The van der Waals surface area contributed by atoms with Crippen LogP contribution in [-0.4, -0.2) is 30.7 Å². The smallest absolute Gasteiger partial charge is 0.361 e. The molecule has 0 aliphatic carbocycles. The van der Waals surface area contributed by atoms with E-state index in [1.165, 1.54) is 6.07 Å². The van der Waals surface area contributed by atoms with Crippen LogP contribution < -0.4 is 10.6 Å². The summed E-state index contributed by atoms with van der Waals surface area (Å²) < 4.78 is 38.3. The van der Waals surface area contributed by atoms with Gasteiger partial charge in [0.15, 0.2) is 5.11 Å². The van der Waals surface area contributed by atoms with Gasteiger partial charge in [-0.25, -0.2) is 0 Å². The maximum Gasteiger partial charge on any atom is 0.416 e. The first kappa shape index (κ1) is 19.2. The standard InChI is InChI=1S/C18H20F3N3S/c1-24(2)16(13-7-4-3-5-8-13)12-22-17(25)23-15-10-6-9-14(11-15)18(19,20)21/h3-11,16H,12H2,1-2H3,(H2,22,23,25). The maximum atomic E-state index is 12.8. The quantitative estimate of drug-likeness (QED) is 0.771. The van der Waals surface area contributed by atoms with E-state index in [4.69, 9.17) is 12.2 Å². The minimum absolute atomic E-state index is 0.0856. The first-order valence-electron chi connectivity index (χ1n) is 7.71. The molecule has 0 bridgehead atoms. The highest BCUT2D eigenvalue weighted by atomic mass is 32.1. The lowest BCUT2D eigenvalue weighted by Gasteiger charge is -2.25. The summed E-state index contributed by atoms with van der Waals surface area (Å²) in [6, 6.07) is 15.0. The van der Waals surface area contributed by atoms with Crippen molar-refractivity contribution in [1.29, 1.82) is 0 Å². The number of hydrogen-bond acceptors (Lipinski definition) is 2. The van der Waals surface area contributed by atoms with Crippen molar-refractivity contribution in [2.45, 2.75) is 12.2 Å². The summed E-state index contributed by atoms with van der Waals surface area (Å²) >= 11 is 5.21. The zero-order valence-corrected chi connectivity index (χ0v) is 14.8. The normalized spacial score (nSPS) is 12.7. The van der Waals surface area contributed by atoms with Gasteiger partial charge in [0.2, 0.25) is 0 Å². The second kappa shape index (κ2) is 8.31. The van der Waals surface area contributed by atoms with Crippen LogP contribution >= 0.6 is 12.2 Å². The molecule has 0 fully saturated rings. The molecule has 1 atom stereocenters. The van der Waals surface area contributed by atoms with E-state index in [2.05, 4.69) is 15.5 Å². The first-order valence-corrected chi connectivity index (χ1v) is 8.11. The molecule has 0 saturated heterocycles. The molecule has 2 rings (SSSR count). The minimum Gasteiger partial charge on any atom is -0.361 e. The molecule has 0 aliphatic rings. The zero-order chi connectivity index (χ0) is 18.4. The summed E-state index contributed by atoms with van der Waals surface area (Å²) in [5.41, 5.74) is 0.714. The number of hydrogen-bond donors (Lipinski definition) is 2. The predicted octanol–water partition coefficient (Wildman–Crippen LogP) is 4.29. The molecule has 0 amide bonds. The van der Waals surface area contributed by atoms with Crippen LogP contribution in [0.5, 0.6) is 0 Å². The molecule has 1 unspecified atom stereocenters. The van der Waals surface area contributed by atoms with E-state index < -0.39 is 11.7 Å². The summed E-state index contributed by atoms with van der Waals surface area (Å²) in [7, 11) is 3.92. The van der Waals surface area contributed by atoms with Gasteiger partial charge in [-0.2, -0.15) is 13.2 Å². The Bertz CT molecular complexity index is 702. The van der Waals surface area contributed by atoms with Crippen LogP contribution in [0.4, 0.5) is 18.9 Å². The van der Waals surface area contributed by atoms with Crippen molar-refractivity contribution in [3.05, 3.63) is 65.7 Å². The van der Waals surface area contributed by atoms with E-state index in [1.807, 2.05) is 44.4 Å². The molecule has 3 nitrogen and oxygen atoms in total. The molecule has 25 heavy (non-hydrogen) atoms. The van der Waals surface area contributed by atoms with Crippen molar-refractivity contribution in [3.63, 3.8) is 0 Å². The lowest BCUT2D eigenvalue weighted by Crippen LogP contribution is -2.36. The third-order valence-electron chi connectivity index (χ3n) is 3.71. The maximum absolute atomic E-state index is 12.8. The third-order valence-corrected chi connectivity index (χ3v) is 3.96. The Kier molecular flexibility index (Phi) is 6.39. The van der Waals surface area contributed by atoms with Crippen LogP contribution in [0.3, 0.4) is 0 Å². The van der Waals surface area contributed by atoms with Gasteiger partial charge >= 0.3 is 6.18 Å². The Morgan fingerprint density at radius 2 is 1.76 bits per heavy atom. The highest BCUT2D eigenvalue weighted by Crippen LogP contribution is 2.30. The Morgan fingerprint density at radius 3 is 2.36 bits per heavy atom. The Balaban J connectivity index is 1.98. The topological polar surface area (TPSA) is 27.3 Å². The summed E-state index contributed by atoms with van der Waals surface area (Å²) in [6.45, 7) is 0.530. The first-order chi connectivity index (χ1) is 11.8. The van der Waals surface area contributed by atoms with E-state index in [0.717, 1.165) is 17.7 Å². The Morgan fingerprint density at radius 1 is 1.08 bits per heavy atom. The Hall–Kier alpha value is -2.12. The van der Waals surface area contributed by atoms with Gasteiger partial charge in [-0.3, -0.25) is 0 Å². The van der Waals surface area contributed by atoms with E-state index in [-0.39, 0.29) is 11.2 Å². The third kappa shape index (κ3) is 5.72. The summed E-state index contributed by atoms with van der Waals surface area (Å²) in [5.74, 6) is 0. The van der Waals surface area contributed by atoms with E-state index in [1.54, 1.807) is 6.07 Å². The van der Waals surface area contributed by atoms with Gasteiger partial charge in [0.25, 0.3) is 0 Å². The molecule has 0 aliphatic heterocycles. The average molecular weight is 367 g/mol. The molecule has 0 heterocycles. The van der Waals surface area contributed by atoms with Gasteiger partial charge < -0.3 is 15.5 Å². The number of nitrogens with one attached hydrogen (secondary N) is 2. The number of nitrogens with zero attached hydrogens (tertiary/aromatic N) is 1. The van der Waals surface area contributed by atoms with Gasteiger partial charge in [0.05, 0.1) is 11.6 Å². The molecule has 0 saturated carbocycles. The molecule has 0 spiro atoms. The van der Waals surface area contributed by atoms with Crippen molar-refractivity contribution in [2.75, 3.05) is 26.0 Å². The number of halogens is 3. The van der Waals surface area contributed by atoms with Crippen LogP contribution in [-0.2, 0) is 6.18 Å². The van der Waals surface area contributed by atoms with Gasteiger partial charge in [-0.15, -0.1) is 0 Å². The molecule has 134 valence electrons. The fraction of sp³-hybridized carbons (Fsp3) is 0.278. The highest BCUT2D eigenvalue weighted by molar-refractivity contribution is 7.80. The van der Waals surface area contributed by atoms with E-state index >= 15 is 0 Å². The predicted molar refractivity (Wildman–Crippen MR) is 98.5 cm³/mol. The van der Waals surface area contributed by atoms with Gasteiger partial charge in [-0.1, -0.05) is 36.4 Å². The van der Waals surface area contributed by atoms with Crippen LogP contribution in [0.1, 0.15) is 17.2 Å². The molecular weight excluding hydrogens is 347 g/mol. The number of thiocarbonyl (C=S) groups is 1. The molecule has 2 aromatic rings. The molecular formula is C18H20F3N3S. The number of rotatable bonds is 5. The number of benzene rings is 2. The molecule has 0 radical (unpaired) electrons. The average Bonchev–Trinajstić information content (AvgIpc) is 2.55. The second-order valence-electron chi connectivity index (χ2n) is 5.80. The fourth-order valence-corrected chi connectivity index (χ4v) is 2.61. The van der Waals surface area contributed by atoms with E-state index in [9.17, 15) is 13.2 Å². The fourth-order valence-electron chi connectivity index (χ4n) is 2.41. The van der Waals surface area contributed by atoms with E-state index in [0.29, 0.717) is 12.2 Å². The summed E-state index contributed by atoms with van der Waals surface area (Å²) in [5, 5.41) is 6.15. The Labute approximate surface area is 150 Å². The molecule has 2 N–H and O–H groups in total. The van der Waals surface area contributed by atoms with Crippen LogP contribution in [0.15, 0.2) is 54.6 Å². The number of likely N-dealkylation sites (N-methyl/N-ethyl adjacent to an activating group) is 1. The van der Waals surface area contributed by atoms with Crippen molar-refractivity contribution < 1.29 is 13.2 Å². The molecule has 2 aromatic carbocycles. The second-order valence-corrected chi connectivity index (χ2v) is 6.21. The largest absolute Gasteiger partial charge is 0.416 e. The van der Waals surface area contributed by atoms with Crippen LogP contribution in [0, 0.1) is 0 Å². The van der Waals surface area contributed by atoms with Crippen LogP contribution in [0.25, 0.3) is 0 Å². The SMILES string of the molecule is CN(C)C(CNC(=S)Nc1cccc(C(F)(F)F)c1)c1ccccc1. The minimum atomic E-state index is -4.38. The van der Waals surface area contributed by atoms with Crippen molar-refractivity contribution in [1.82, 2.24) is 10.2 Å². The lowest BCUT2D eigenvalue weighted by molar-refractivity contribution is -0.137. The summed E-state index contributed by atoms with van der Waals surface area (Å²) in [6.07, 6.45) is -4.38.